The molecule has 0 aromatic heterocycles. The molecule has 3 heteroatoms. The monoisotopic (exact) mass is 305 g/mol. The van der Waals surface area contributed by atoms with Crippen molar-refractivity contribution < 1.29 is 0 Å². The fourth-order valence-electron chi connectivity index (χ4n) is 2.81. The predicted octanol–water partition coefficient (Wildman–Crippen LogP) is 5.31. The Bertz CT molecular complexity index is 620. The van der Waals surface area contributed by atoms with Crippen LogP contribution in [0, 0.1) is 0 Å². The van der Waals surface area contributed by atoms with Crippen molar-refractivity contribution in [1.82, 2.24) is 0 Å². The molecule has 0 bridgehead atoms. The van der Waals surface area contributed by atoms with Crippen molar-refractivity contribution in [2.24, 2.45) is 5.73 Å². The molecule has 20 heavy (non-hydrogen) atoms. The van der Waals surface area contributed by atoms with Crippen LogP contribution in [0.4, 0.5) is 0 Å². The lowest BCUT2D eigenvalue weighted by atomic mass is 9.76. The Morgan fingerprint density at radius 1 is 1.00 bits per heavy atom. The Balaban J connectivity index is 2.01. The van der Waals surface area contributed by atoms with Gasteiger partial charge in [0, 0.05) is 10.0 Å². The molecule has 104 valence electrons. The summed E-state index contributed by atoms with van der Waals surface area (Å²) in [7, 11) is 0. The van der Waals surface area contributed by atoms with Crippen LogP contribution >= 0.6 is 23.2 Å². The predicted molar refractivity (Wildman–Crippen MR) is 85.5 cm³/mol. The molecule has 0 radical (unpaired) electrons. The summed E-state index contributed by atoms with van der Waals surface area (Å²) in [5.41, 5.74) is 9.89. The van der Waals surface area contributed by atoms with Crippen molar-refractivity contribution in [3.8, 4) is 0 Å². The van der Waals surface area contributed by atoms with Crippen LogP contribution in [0.25, 0.3) is 0 Å². The highest BCUT2D eigenvalue weighted by molar-refractivity contribution is 6.33. The first kappa shape index (κ1) is 13.9. The molecule has 1 aliphatic rings. The lowest BCUT2D eigenvalue weighted by Gasteiger charge is -2.29. The van der Waals surface area contributed by atoms with E-state index >= 15 is 0 Å². The molecule has 1 nitrogen and oxygen atoms in total. The van der Waals surface area contributed by atoms with Crippen LogP contribution in [0.5, 0.6) is 0 Å². The first-order valence-electron chi connectivity index (χ1n) is 6.96. The van der Waals surface area contributed by atoms with Crippen molar-refractivity contribution in [3.05, 3.63) is 69.2 Å². The number of rotatable bonds is 3. The van der Waals surface area contributed by atoms with Crippen molar-refractivity contribution in [1.29, 1.82) is 0 Å². The first-order valence-corrected chi connectivity index (χ1v) is 7.72. The zero-order chi connectivity index (χ0) is 14.1. The van der Waals surface area contributed by atoms with E-state index in [0.717, 1.165) is 5.56 Å². The molecule has 2 aromatic carbocycles. The zero-order valence-electron chi connectivity index (χ0n) is 11.2. The van der Waals surface area contributed by atoms with E-state index in [1.165, 1.54) is 30.4 Å². The quantitative estimate of drug-likeness (QED) is 0.817. The van der Waals surface area contributed by atoms with Gasteiger partial charge in [0.2, 0.25) is 0 Å². The lowest BCUT2D eigenvalue weighted by molar-refractivity contribution is 0.416. The van der Waals surface area contributed by atoms with Crippen LogP contribution in [0.3, 0.4) is 0 Å². The number of hydrogen-bond acceptors (Lipinski definition) is 1. The molecular weight excluding hydrogens is 289 g/mol. The third-order valence-corrected chi connectivity index (χ3v) is 4.75. The normalized spacial score (nSPS) is 16.8. The van der Waals surface area contributed by atoms with Gasteiger partial charge in [-0.3, -0.25) is 0 Å². The molecule has 1 atom stereocenters. The standard InChI is InChI=1S/C17H17Cl2N/c18-12-8-9-16(19)15(10-12)17(20)14-7-2-1-6-13(14)11-4-3-5-11/h1-2,6-11,17H,3-5,20H2. The van der Waals surface area contributed by atoms with Gasteiger partial charge in [-0.1, -0.05) is 53.9 Å². The summed E-state index contributed by atoms with van der Waals surface area (Å²) >= 11 is 12.4. The van der Waals surface area contributed by atoms with E-state index < -0.39 is 0 Å². The second-order valence-electron chi connectivity index (χ2n) is 5.40. The topological polar surface area (TPSA) is 26.0 Å². The van der Waals surface area contributed by atoms with Crippen molar-refractivity contribution in [2.75, 3.05) is 0 Å². The molecule has 2 aromatic rings. The molecule has 0 aliphatic heterocycles. The molecule has 2 N–H and O–H groups in total. The highest BCUT2D eigenvalue weighted by atomic mass is 35.5. The maximum Gasteiger partial charge on any atom is 0.0569 e. The summed E-state index contributed by atoms with van der Waals surface area (Å²) < 4.78 is 0. The number of benzene rings is 2. The van der Waals surface area contributed by atoms with Gasteiger partial charge in [0.1, 0.15) is 0 Å². The molecule has 1 aliphatic carbocycles. The van der Waals surface area contributed by atoms with Gasteiger partial charge < -0.3 is 5.73 Å². The van der Waals surface area contributed by atoms with Gasteiger partial charge >= 0.3 is 0 Å². The molecule has 0 spiro atoms. The minimum Gasteiger partial charge on any atom is -0.320 e. The summed E-state index contributed by atoms with van der Waals surface area (Å²) in [6.07, 6.45) is 3.83. The molecule has 1 unspecified atom stereocenters. The number of halogens is 2. The fourth-order valence-corrected chi connectivity index (χ4v) is 3.22. The Hall–Kier alpha value is -1.02. The van der Waals surface area contributed by atoms with Gasteiger partial charge in [0.05, 0.1) is 6.04 Å². The van der Waals surface area contributed by atoms with Crippen LogP contribution in [0.2, 0.25) is 10.0 Å². The van der Waals surface area contributed by atoms with E-state index in [2.05, 4.69) is 18.2 Å². The van der Waals surface area contributed by atoms with E-state index in [0.29, 0.717) is 16.0 Å². The Morgan fingerprint density at radius 3 is 2.45 bits per heavy atom. The average Bonchev–Trinajstić information content (AvgIpc) is 2.39. The SMILES string of the molecule is NC(c1cc(Cl)ccc1Cl)c1ccccc1C1CCC1. The van der Waals surface area contributed by atoms with E-state index in [1.54, 1.807) is 6.07 Å². The number of nitrogens with two attached hydrogens (primary N) is 1. The van der Waals surface area contributed by atoms with Gasteiger partial charge in [0.25, 0.3) is 0 Å². The Kier molecular flexibility index (Phi) is 4.02. The van der Waals surface area contributed by atoms with Crippen LogP contribution in [-0.2, 0) is 0 Å². The second kappa shape index (κ2) is 5.77. The molecular formula is C17H17Cl2N. The number of hydrogen-bond donors (Lipinski definition) is 1. The third kappa shape index (κ3) is 2.58. The molecule has 1 saturated carbocycles. The average molecular weight is 306 g/mol. The summed E-state index contributed by atoms with van der Waals surface area (Å²) in [5.74, 6) is 0.648. The third-order valence-electron chi connectivity index (χ3n) is 4.17. The minimum absolute atomic E-state index is 0.224. The summed E-state index contributed by atoms with van der Waals surface area (Å²) in [6.45, 7) is 0. The Morgan fingerprint density at radius 2 is 1.75 bits per heavy atom. The molecule has 0 saturated heterocycles. The molecule has 1 fully saturated rings. The van der Waals surface area contributed by atoms with Crippen molar-refractivity contribution in [2.45, 2.75) is 31.2 Å². The van der Waals surface area contributed by atoms with E-state index in [9.17, 15) is 0 Å². The lowest BCUT2D eigenvalue weighted by Crippen LogP contribution is -2.18. The molecule has 3 rings (SSSR count). The maximum absolute atomic E-state index is 6.46. The highest BCUT2D eigenvalue weighted by Gasteiger charge is 2.25. The van der Waals surface area contributed by atoms with Crippen molar-refractivity contribution >= 4 is 23.2 Å². The van der Waals surface area contributed by atoms with E-state index in [4.69, 9.17) is 28.9 Å². The van der Waals surface area contributed by atoms with Gasteiger partial charge in [0.15, 0.2) is 0 Å². The maximum atomic E-state index is 6.46. The van der Waals surface area contributed by atoms with Gasteiger partial charge in [-0.15, -0.1) is 0 Å². The Labute approximate surface area is 129 Å². The van der Waals surface area contributed by atoms with Gasteiger partial charge in [-0.25, -0.2) is 0 Å². The summed E-state index contributed by atoms with van der Waals surface area (Å²) in [5, 5.41) is 1.34. The molecule has 0 amide bonds. The zero-order valence-corrected chi connectivity index (χ0v) is 12.7. The van der Waals surface area contributed by atoms with Crippen LogP contribution in [0.1, 0.15) is 47.9 Å². The van der Waals surface area contributed by atoms with Gasteiger partial charge in [-0.05, 0) is 53.6 Å². The molecule has 0 heterocycles. The van der Waals surface area contributed by atoms with Crippen molar-refractivity contribution in [3.63, 3.8) is 0 Å². The van der Waals surface area contributed by atoms with Crippen LogP contribution in [0.15, 0.2) is 42.5 Å². The largest absolute Gasteiger partial charge is 0.320 e. The first-order chi connectivity index (χ1) is 9.66. The fraction of sp³-hybridized carbons (Fsp3) is 0.294. The van der Waals surface area contributed by atoms with E-state index in [-0.39, 0.29) is 6.04 Å². The minimum atomic E-state index is -0.224. The summed E-state index contributed by atoms with van der Waals surface area (Å²) in [4.78, 5) is 0. The summed E-state index contributed by atoms with van der Waals surface area (Å²) in [6, 6.07) is 13.7. The highest BCUT2D eigenvalue weighted by Crippen LogP contribution is 2.41. The van der Waals surface area contributed by atoms with E-state index in [1.807, 2.05) is 18.2 Å². The smallest absolute Gasteiger partial charge is 0.0569 e. The van der Waals surface area contributed by atoms with Crippen LogP contribution in [-0.4, -0.2) is 0 Å². The van der Waals surface area contributed by atoms with Crippen LogP contribution < -0.4 is 5.73 Å². The van der Waals surface area contributed by atoms with Gasteiger partial charge in [-0.2, -0.15) is 0 Å². The second-order valence-corrected chi connectivity index (χ2v) is 6.24.